The van der Waals surface area contributed by atoms with Gasteiger partial charge in [0.25, 0.3) is 0 Å². The first-order chi connectivity index (χ1) is 5.74. The zero-order chi connectivity index (χ0) is 8.97. The summed E-state index contributed by atoms with van der Waals surface area (Å²) in [6, 6.07) is 0. The molecular weight excluding hydrogens is 150 g/mol. The van der Waals surface area contributed by atoms with Crippen molar-refractivity contribution in [1.82, 2.24) is 4.90 Å². The quantitative estimate of drug-likeness (QED) is 0.575. The molecular formula is C10H13NO. The maximum absolute atomic E-state index is 10.4. The SMILES string of the molecule is CN(C)C1=CC=C(C=O)CC=C1. The summed E-state index contributed by atoms with van der Waals surface area (Å²) < 4.78 is 0. The molecule has 0 aromatic carbocycles. The molecule has 2 nitrogen and oxygen atoms in total. The molecule has 0 aromatic heterocycles. The molecule has 0 heterocycles. The average Bonchev–Trinajstić information content (AvgIpc) is 2.28. The minimum Gasteiger partial charge on any atom is -0.378 e. The van der Waals surface area contributed by atoms with Crippen LogP contribution in [0.5, 0.6) is 0 Å². The summed E-state index contributed by atoms with van der Waals surface area (Å²) in [6.07, 6.45) is 9.47. The highest BCUT2D eigenvalue weighted by Crippen LogP contribution is 2.10. The molecule has 0 aromatic rings. The Labute approximate surface area is 72.9 Å². The van der Waals surface area contributed by atoms with Crippen LogP contribution in [0.15, 0.2) is 35.6 Å². The molecule has 0 radical (unpaired) electrons. The van der Waals surface area contributed by atoms with Crippen molar-refractivity contribution >= 4 is 6.29 Å². The van der Waals surface area contributed by atoms with E-state index in [1.165, 1.54) is 0 Å². The average molecular weight is 163 g/mol. The number of rotatable bonds is 2. The van der Waals surface area contributed by atoms with Gasteiger partial charge in [0.2, 0.25) is 0 Å². The van der Waals surface area contributed by atoms with Crippen LogP contribution in [0, 0.1) is 0 Å². The third-order valence-corrected chi connectivity index (χ3v) is 1.78. The Morgan fingerprint density at radius 3 is 2.75 bits per heavy atom. The number of allylic oxidation sites excluding steroid dienone is 5. The standard InChI is InChI=1S/C10H13NO/c1-11(2)10-5-3-4-9(8-12)6-7-10/h3,5-8H,4H2,1-2H3. The molecule has 2 heteroatoms. The molecule has 12 heavy (non-hydrogen) atoms. The number of hydrogen-bond acceptors (Lipinski definition) is 2. The van der Waals surface area contributed by atoms with Gasteiger partial charge >= 0.3 is 0 Å². The van der Waals surface area contributed by atoms with Crippen molar-refractivity contribution in [1.29, 1.82) is 0 Å². The molecule has 0 fully saturated rings. The van der Waals surface area contributed by atoms with Gasteiger partial charge in [-0.15, -0.1) is 0 Å². The Hall–Kier alpha value is -1.31. The molecule has 64 valence electrons. The van der Waals surface area contributed by atoms with E-state index in [1.54, 1.807) is 0 Å². The Morgan fingerprint density at radius 2 is 2.17 bits per heavy atom. The molecule has 0 aliphatic heterocycles. The number of carbonyl (C=O) groups is 1. The second-order valence-electron chi connectivity index (χ2n) is 2.95. The van der Waals surface area contributed by atoms with Crippen molar-refractivity contribution in [3.8, 4) is 0 Å². The van der Waals surface area contributed by atoms with Gasteiger partial charge < -0.3 is 4.90 Å². The maximum atomic E-state index is 10.4. The van der Waals surface area contributed by atoms with Crippen LogP contribution in [0.25, 0.3) is 0 Å². The van der Waals surface area contributed by atoms with E-state index in [4.69, 9.17) is 0 Å². The minimum atomic E-state index is 0.733. The largest absolute Gasteiger partial charge is 0.378 e. The lowest BCUT2D eigenvalue weighted by Gasteiger charge is -2.11. The molecule has 0 unspecified atom stereocenters. The zero-order valence-corrected chi connectivity index (χ0v) is 7.45. The molecule has 1 aliphatic rings. The monoisotopic (exact) mass is 163 g/mol. The predicted octanol–water partition coefficient (Wildman–Crippen LogP) is 1.52. The molecule has 0 saturated heterocycles. The Kier molecular flexibility index (Phi) is 2.86. The van der Waals surface area contributed by atoms with Crippen LogP contribution in [0.4, 0.5) is 0 Å². The van der Waals surface area contributed by atoms with Crippen LogP contribution in [0.1, 0.15) is 6.42 Å². The summed E-state index contributed by atoms with van der Waals surface area (Å²) in [5.74, 6) is 0. The lowest BCUT2D eigenvalue weighted by molar-refractivity contribution is -0.104. The lowest BCUT2D eigenvalue weighted by Crippen LogP contribution is -2.08. The lowest BCUT2D eigenvalue weighted by atomic mass is 10.2. The molecule has 1 aliphatic carbocycles. The number of likely N-dealkylation sites (N-methyl/N-ethyl adjacent to an activating group) is 1. The fraction of sp³-hybridized carbons (Fsp3) is 0.300. The van der Waals surface area contributed by atoms with Gasteiger partial charge in [0.15, 0.2) is 0 Å². The van der Waals surface area contributed by atoms with E-state index in [2.05, 4.69) is 0 Å². The van der Waals surface area contributed by atoms with Crippen molar-refractivity contribution in [3.63, 3.8) is 0 Å². The van der Waals surface area contributed by atoms with E-state index in [1.807, 2.05) is 43.3 Å². The van der Waals surface area contributed by atoms with Gasteiger partial charge in [-0.25, -0.2) is 0 Å². The number of carbonyl (C=O) groups excluding carboxylic acids is 1. The third kappa shape index (κ3) is 2.09. The smallest absolute Gasteiger partial charge is 0.146 e. The van der Waals surface area contributed by atoms with Crippen LogP contribution in [0.2, 0.25) is 0 Å². The Morgan fingerprint density at radius 1 is 1.42 bits per heavy atom. The summed E-state index contributed by atoms with van der Waals surface area (Å²) in [5, 5.41) is 0. The molecule has 0 atom stereocenters. The molecule has 1 rings (SSSR count). The first-order valence-corrected chi connectivity index (χ1v) is 3.94. The van der Waals surface area contributed by atoms with Crippen LogP contribution < -0.4 is 0 Å². The van der Waals surface area contributed by atoms with Gasteiger partial charge in [0.05, 0.1) is 0 Å². The summed E-state index contributed by atoms with van der Waals surface area (Å²) in [6.45, 7) is 0. The fourth-order valence-electron chi connectivity index (χ4n) is 1.02. The van der Waals surface area contributed by atoms with E-state index in [-0.39, 0.29) is 0 Å². The molecule has 0 bridgehead atoms. The van der Waals surface area contributed by atoms with Crippen molar-refractivity contribution < 1.29 is 4.79 Å². The second kappa shape index (κ2) is 3.90. The van der Waals surface area contributed by atoms with Crippen molar-refractivity contribution in [3.05, 3.63) is 35.6 Å². The van der Waals surface area contributed by atoms with Crippen LogP contribution >= 0.6 is 0 Å². The highest BCUT2D eigenvalue weighted by Gasteiger charge is 1.98. The second-order valence-corrected chi connectivity index (χ2v) is 2.95. The first-order valence-electron chi connectivity index (χ1n) is 3.94. The Bertz CT molecular complexity index is 259. The highest BCUT2D eigenvalue weighted by atomic mass is 16.1. The van der Waals surface area contributed by atoms with E-state index in [0.717, 1.165) is 24.0 Å². The fourth-order valence-corrected chi connectivity index (χ4v) is 1.02. The van der Waals surface area contributed by atoms with Gasteiger partial charge in [-0.1, -0.05) is 12.2 Å². The molecule has 0 saturated carbocycles. The maximum Gasteiger partial charge on any atom is 0.146 e. The zero-order valence-electron chi connectivity index (χ0n) is 7.45. The summed E-state index contributed by atoms with van der Waals surface area (Å²) in [5.41, 5.74) is 1.94. The molecule has 0 N–H and O–H groups in total. The summed E-state index contributed by atoms with van der Waals surface area (Å²) >= 11 is 0. The van der Waals surface area contributed by atoms with Gasteiger partial charge in [-0.3, -0.25) is 4.79 Å². The number of hydrogen-bond donors (Lipinski definition) is 0. The van der Waals surface area contributed by atoms with Crippen LogP contribution in [-0.2, 0) is 4.79 Å². The van der Waals surface area contributed by atoms with Crippen molar-refractivity contribution in [2.75, 3.05) is 14.1 Å². The summed E-state index contributed by atoms with van der Waals surface area (Å²) in [4.78, 5) is 12.5. The van der Waals surface area contributed by atoms with Gasteiger partial charge in [0.1, 0.15) is 6.29 Å². The van der Waals surface area contributed by atoms with Gasteiger partial charge in [0, 0.05) is 19.8 Å². The first kappa shape index (κ1) is 8.78. The van der Waals surface area contributed by atoms with Crippen molar-refractivity contribution in [2.24, 2.45) is 0 Å². The Balaban J connectivity index is 2.85. The topological polar surface area (TPSA) is 20.3 Å². The van der Waals surface area contributed by atoms with E-state index in [0.29, 0.717) is 0 Å². The van der Waals surface area contributed by atoms with E-state index in [9.17, 15) is 4.79 Å². The predicted molar refractivity (Wildman–Crippen MR) is 49.7 cm³/mol. The number of nitrogens with zero attached hydrogens (tertiary/aromatic N) is 1. The summed E-state index contributed by atoms with van der Waals surface area (Å²) in [7, 11) is 3.96. The van der Waals surface area contributed by atoms with E-state index < -0.39 is 0 Å². The number of aldehydes is 1. The third-order valence-electron chi connectivity index (χ3n) is 1.78. The van der Waals surface area contributed by atoms with Crippen LogP contribution in [0.3, 0.4) is 0 Å². The van der Waals surface area contributed by atoms with Gasteiger partial charge in [-0.2, -0.15) is 0 Å². The van der Waals surface area contributed by atoms with Crippen molar-refractivity contribution in [2.45, 2.75) is 6.42 Å². The minimum absolute atomic E-state index is 0.733. The van der Waals surface area contributed by atoms with E-state index >= 15 is 0 Å². The normalized spacial score (nSPS) is 16.2. The van der Waals surface area contributed by atoms with Crippen LogP contribution in [-0.4, -0.2) is 25.3 Å². The van der Waals surface area contributed by atoms with Gasteiger partial charge in [-0.05, 0) is 24.1 Å². The molecule has 0 spiro atoms. The molecule has 0 amide bonds. The highest BCUT2D eigenvalue weighted by molar-refractivity contribution is 5.74.